The molecule has 0 heterocycles. The lowest BCUT2D eigenvalue weighted by Crippen LogP contribution is -1.99. The van der Waals surface area contributed by atoms with E-state index < -0.39 is 0 Å². The summed E-state index contributed by atoms with van der Waals surface area (Å²) in [6.07, 6.45) is 6.53. The molecule has 18 heavy (non-hydrogen) atoms. The molecule has 1 rings (SSSR count). The van der Waals surface area contributed by atoms with Gasteiger partial charge in [0.25, 0.3) is 0 Å². The molecule has 1 atom stereocenters. The van der Waals surface area contributed by atoms with Crippen LogP contribution in [0.4, 0.5) is 0 Å². The molecule has 1 aromatic carbocycles. The molecule has 0 aliphatic carbocycles. The Morgan fingerprint density at radius 1 is 1.22 bits per heavy atom. The highest BCUT2D eigenvalue weighted by Gasteiger charge is 2.11. The molecule has 0 bridgehead atoms. The van der Waals surface area contributed by atoms with E-state index in [1.807, 2.05) is 12.1 Å². The number of rotatable bonds is 6. The third-order valence-electron chi connectivity index (χ3n) is 2.79. The zero-order valence-electron chi connectivity index (χ0n) is 11.5. The average molecular weight is 313 g/mol. The molecule has 1 unspecified atom stereocenters. The third-order valence-corrected chi connectivity index (χ3v) is 3.53. The van der Waals surface area contributed by atoms with E-state index in [-0.39, 0.29) is 0 Å². The second-order valence-corrected chi connectivity index (χ2v) is 5.17. The molecule has 0 radical (unpaired) electrons. The minimum absolute atomic E-state index is 0.513. The zero-order valence-corrected chi connectivity index (χ0v) is 13.1. The first kappa shape index (κ1) is 15.1. The highest BCUT2D eigenvalue weighted by molar-refractivity contribution is 9.10. The first-order valence-electron chi connectivity index (χ1n) is 6.19. The second kappa shape index (κ2) is 7.47. The van der Waals surface area contributed by atoms with Crippen molar-refractivity contribution in [3.8, 4) is 11.5 Å². The van der Waals surface area contributed by atoms with Crippen LogP contribution in [0.2, 0.25) is 0 Å². The first-order valence-corrected chi connectivity index (χ1v) is 6.98. The van der Waals surface area contributed by atoms with E-state index >= 15 is 0 Å². The third kappa shape index (κ3) is 4.05. The normalized spacial score (nSPS) is 12.7. The standard InChI is InChI=1S/C15H21BrO2/c1-5-6-7-11(2)8-12-9-14(17-3)15(18-4)10-13(12)16/h6-7,9-11H,5,8H2,1-4H3/b7-6-. The van der Waals surface area contributed by atoms with Gasteiger partial charge in [0.2, 0.25) is 0 Å². The Kier molecular flexibility index (Phi) is 6.27. The van der Waals surface area contributed by atoms with Crippen molar-refractivity contribution in [1.82, 2.24) is 0 Å². The van der Waals surface area contributed by atoms with E-state index in [2.05, 4.69) is 41.9 Å². The van der Waals surface area contributed by atoms with Gasteiger partial charge in [-0.1, -0.05) is 41.9 Å². The quantitative estimate of drug-likeness (QED) is 0.714. The molecule has 0 N–H and O–H groups in total. The predicted molar refractivity (Wildman–Crippen MR) is 79.5 cm³/mol. The van der Waals surface area contributed by atoms with Gasteiger partial charge in [0, 0.05) is 4.47 Å². The fourth-order valence-electron chi connectivity index (χ4n) is 1.84. The Morgan fingerprint density at radius 3 is 2.39 bits per heavy atom. The fourth-order valence-corrected chi connectivity index (χ4v) is 2.32. The van der Waals surface area contributed by atoms with E-state index in [1.165, 1.54) is 5.56 Å². The lowest BCUT2D eigenvalue weighted by molar-refractivity contribution is 0.354. The summed E-state index contributed by atoms with van der Waals surface area (Å²) in [5.74, 6) is 2.05. The lowest BCUT2D eigenvalue weighted by atomic mass is 10.00. The number of methoxy groups -OCH3 is 2. The van der Waals surface area contributed by atoms with Gasteiger partial charge in [-0.3, -0.25) is 0 Å². The summed E-state index contributed by atoms with van der Waals surface area (Å²) in [5.41, 5.74) is 1.24. The van der Waals surface area contributed by atoms with Crippen LogP contribution >= 0.6 is 15.9 Å². The van der Waals surface area contributed by atoms with Crippen molar-refractivity contribution in [1.29, 1.82) is 0 Å². The Labute approximate surface area is 118 Å². The topological polar surface area (TPSA) is 18.5 Å². The van der Waals surface area contributed by atoms with Gasteiger partial charge in [0.1, 0.15) is 0 Å². The average Bonchev–Trinajstić information content (AvgIpc) is 2.38. The summed E-state index contributed by atoms with van der Waals surface area (Å²) < 4.78 is 11.7. The van der Waals surface area contributed by atoms with Crippen LogP contribution < -0.4 is 9.47 Å². The molecule has 0 spiro atoms. The molecule has 0 fully saturated rings. The van der Waals surface area contributed by atoms with Crippen LogP contribution in [0.25, 0.3) is 0 Å². The van der Waals surface area contributed by atoms with E-state index in [0.717, 1.165) is 28.8 Å². The molecule has 0 saturated heterocycles. The van der Waals surface area contributed by atoms with Crippen molar-refractivity contribution in [2.45, 2.75) is 26.7 Å². The number of halogens is 1. The van der Waals surface area contributed by atoms with Crippen LogP contribution in [0.5, 0.6) is 11.5 Å². The van der Waals surface area contributed by atoms with Crippen molar-refractivity contribution >= 4 is 15.9 Å². The Balaban J connectivity index is 2.92. The van der Waals surface area contributed by atoms with Gasteiger partial charge in [-0.2, -0.15) is 0 Å². The van der Waals surface area contributed by atoms with Crippen molar-refractivity contribution in [3.63, 3.8) is 0 Å². The number of hydrogen-bond acceptors (Lipinski definition) is 2. The SMILES string of the molecule is CC/C=C\C(C)Cc1cc(OC)c(OC)cc1Br. The molecule has 100 valence electrons. The lowest BCUT2D eigenvalue weighted by Gasteiger charge is -2.13. The van der Waals surface area contributed by atoms with Crippen LogP contribution in [-0.2, 0) is 6.42 Å². The highest BCUT2D eigenvalue weighted by Crippen LogP contribution is 2.34. The molecule has 3 heteroatoms. The molecule has 1 aromatic rings. The Bertz CT molecular complexity index is 413. The summed E-state index contributed by atoms with van der Waals surface area (Å²) in [5, 5.41) is 0. The second-order valence-electron chi connectivity index (χ2n) is 4.32. The Morgan fingerprint density at radius 2 is 1.83 bits per heavy atom. The molecule has 2 nitrogen and oxygen atoms in total. The summed E-state index contributed by atoms with van der Waals surface area (Å²) in [6.45, 7) is 4.37. The minimum Gasteiger partial charge on any atom is -0.493 e. The molecular formula is C15H21BrO2. The maximum absolute atomic E-state index is 5.33. The van der Waals surface area contributed by atoms with Crippen LogP contribution in [-0.4, -0.2) is 14.2 Å². The molecule has 0 aliphatic heterocycles. The minimum atomic E-state index is 0.513. The molecule has 0 aromatic heterocycles. The largest absolute Gasteiger partial charge is 0.493 e. The van der Waals surface area contributed by atoms with Gasteiger partial charge in [0.05, 0.1) is 14.2 Å². The monoisotopic (exact) mass is 312 g/mol. The van der Waals surface area contributed by atoms with Crippen LogP contribution in [0, 0.1) is 5.92 Å². The van der Waals surface area contributed by atoms with Crippen molar-refractivity contribution in [2.75, 3.05) is 14.2 Å². The number of benzene rings is 1. The van der Waals surface area contributed by atoms with E-state index in [9.17, 15) is 0 Å². The smallest absolute Gasteiger partial charge is 0.161 e. The maximum Gasteiger partial charge on any atom is 0.161 e. The van der Waals surface area contributed by atoms with E-state index in [4.69, 9.17) is 9.47 Å². The van der Waals surface area contributed by atoms with Crippen molar-refractivity contribution in [3.05, 3.63) is 34.3 Å². The van der Waals surface area contributed by atoms with Crippen molar-refractivity contribution < 1.29 is 9.47 Å². The number of hydrogen-bond donors (Lipinski definition) is 0. The molecule has 0 aliphatic rings. The van der Waals surface area contributed by atoms with Crippen molar-refractivity contribution in [2.24, 2.45) is 5.92 Å². The number of allylic oxidation sites excluding steroid dienone is 2. The van der Waals surface area contributed by atoms with Gasteiger partial charge < -0.3 is 9.47 Å². The van der Waals surface area contributed by atoms with Gasteiger partial charge in [0.15, 0.2) is 11.5 Å². The van der Waals surface area contributed by atoms with Crippen LogP contribution in [0.3, 0.4) is 0 Å². The van der Waals surface area contributed by atoms with Gasteiger partial charge in [-0.25, -0.2) is 0 Å². The summed E-state index contributed by atoms with van der Waals surface area (Å²) >= 11 is 3.59. The Hall–Kier alpha value is -0.960. The summed E-state index contributed by atoms with van der Waals surface area (Å²) in [4.78, 5) is 0. The van der Waals surface area contributed by atoms with Crippen LogP contribution in [0.15, 0.2) is 28.8 Å². The first-order chi connectivity index (χ1) is 8.62. The number of ether oxygens (including phenoxy) is 2. The zero-order chi connectivity index (χ0) is 13.5. The van der Waals surface area contributed by atoms with Gasteiger partial charge in [-0.05, 0) is 36.5 Å². The van der Waals surface area contributed by atoms with Gasteiger partial charge >= 0.3 is 0 Å². The summed E-state index contributed by atoms with van der Waals surface area (Å²) in [6, 6.07) is 4.00. The summed E-state index contributed by atoms with van der Waals surface area (Å²) in [7, 11) is 3.31. The molecule has 0 saturated carbocycles. The highest BCUT2D eigenvalue weighted by atomic mass is 79.9. The fraction of sp³-hybridized carbons (Fsp3) is 0.467. The molecular weight excluding hydrogens is 292 g/mol. The van der Waals surface area contributed by atoms with E-state index in [0.29, 0.717) is 5.92 Å². The molecule has 0 amide bonds. The predicted octanol–water partition coefficient (Wildman–Crippen LogP) is 4.61. The van der Waals surface area contributed by atoms with Crippen LogP contribution in [0.1, 0.15) is 25.8 Å². The van der Waals surface area contributed by atoms with Gasteiger partial charge in [-0.15, -0.1) is 0 Å². The van der Waals surface area contributed by atoms with E-state index in [1.54, 1.807) is 14.2 Å². The maximum atomic E-state index is 5.33.